The average Bonchev–Trinajstić information content (AvgIpc) is 3.05. The molecule has 1 saturated heterocycles. The Hall–Kier alpha value is -2.61. The van der Waals surface area contributed by atoms with Crippen LogP contribution in [0.15, 0.2) is 54.6 Å². The van der Waals surface area contributed by atoms with Crippen LogP contribution in [-0.2, 0) is 0 Å². The monoisotopic (exact) mass is 311 g/mol. The quantitative estimate of drug-likeness (QED) is 0.684. The standard InChI is InChI=1S/C16H17N5O2/c22-16-17-12-8-4-5-9-14(12)21(23)20(16)15-10-13(18-19-15)11-6-2-1-3-7-11/h1-9,13,15,18-19,23H,10H2,(H,17,22). The van der Waals surface area contributed by atoms with E-state index >= 15 is 0 Å². The summed E-state index contributed by atoms with van der Waals surface area (Å²) in [6.45, 7) is 0. The lowest BCUT2D eigenvalue weighted by Gasteiger charge is -2.39. The summed E-state index contributed by atoms with van der Waals surface area (Å²) in [7, 11) is 0. The van der Waals surface area contributed by atoms with Gasteiger partial charge in [-0.1, -0.05) is 42.5 Å². The Morgan fingerprint density at radius 1 is 1.00 bits per heavy atom. The first-order chi connectivity index (χ1) is 11.2. The van der Waals surface area contributed by atoms with E-state index < -0.39 is 0 Å². The summed E-state index contributed by atoms with van der Waals surface area (Å²) in [5, 5.41) is 15.4. The number of carbonyl (C=O) groups is 1. The number of urea groups is 1. The van der Waals surface area contributed by atoms with Crippen molar-refractivity contribution >= 4 is 17.4 Å². The Morgan fingerprint density at radius 2 is 1.74 bits per heavy atom. The molecule has 118 valence electrons. The molecule has 4 N–H and O–H groups in total. The van der Waals surface area contributed by atoms with Crippen molar-refractivity contribution in [3.63, 3.8) is 0 Å². The maximum absolute atomic E-state index is 12.3. The number of fused-ring (bicyclic) bond motifs is 1. The molecule has 7 nitrogen and oxygen atoms in total. The van der Waals surface area contributed by atoms with Crippen LogP contribution in [0.2, 0.25) is 0 Å². The number of rotatable bonds is 2. The Balaban J connectivity index is 1.56. The van der Waals surface area contributed by atoms with E-state index in [1.165, 1.54) is 5.01 Å². The number of anilines is 2. The lowest BCUT2D eigenvalue weighted by Crippen LogP contribution is -2.59. The minimum atomic E-state index is -0.376. The molecular weight excluding hydrogens is 294 g/mol. The van der Waals surface area contributed by atoms with Gasteiger partial charge in [0.25, 0.3) is 0 Å². The Bertz CT molecular complexity index is 723. The fraction of sp³-hybridized carbons (Fsp3) is 0.188. The summed E-state index contributed by atoms with van der Waals surface area (Å²) >= 11 is 0. The average molecular weight is 311 g/mol. The van der Waals surface area contributed by atoms with Crippen LogP contribution in [0.1, 0.15) is 18.0 Å². The van der Waals surface area contributed by atoms with Gasteiger partial charge in [-0.15, -0.1) is 0 Å². The van der Waals surface area contributed by atoms with Crippen molar-refractivity contribution in [2.24, 2.45) is 0 Å². The largest absolute Gasteiger partial charge is 0.344 e. The molecule has 0 spiro atoms. The second-order valence-electron chi connectivity index (χ2n) is 5.58. The van der Waals surface area contributed by atoms with Crippen LogP contribution in [0.4, 0.5) is 16.2 Å². The van der Waals surface area contributed by atoms with Gasteiger partial charge >= 0.3 is 6.03 Å². The first-order valence-corrected chi connectivity index (χ1v) is 7.48. The molecule has 2 aliphatic heterocycles. The van der Waals surface area contributed by atoms with Crippen LogP contribution in [0.5, 0.6) is 0 Å². The molecule has 2 amide bonds. The zero-order valence-corrected chi connectivity index (χ0v) is 12.3. The van der Waals surface area contributed by atoms with Gasteiger partial charge in [-0.05, 0) is 17.7 Å². The normalized spacial score (nSPS) is 23.6. The summed E-state index contributed by atoms with van der Waals surface area (Å²) in [5.74, 6) is 0. The highest BCUT2D eigenvalue weighted by molar-refractivity contribution is 5.97. The Morgan fingerprint density at radius 3 is 2.57 bits per heavy atom. The van der Waals surface area contributed by atoms with E-state index in [1.54, 1.807) is 12.1 Å². The van der Waals surface area contributed by atoms with Crippen LogP contribution >= 0.6 is 0 Å². The number of amides is 2. The van der Waals surface area contributed by atoms with Crippen molar-refractivity contribution in [2.45, 2.75) is 18.6 Å². The van der Waals surface area contributed by atoms with E-state index in [2.05, 4.69) is 16.2 Å². The maximum Gasteiger partial charge on any atom is 0.344 e. The minimum Gasteiger partial charge on any atom is -0.304 e. The molecule has 4 rings (SSSR count). The first kappa shape index (κ1) is 14.0. The first-order valence-electron chi connectivity index (χ1n) is 7.48. The molecule has 1 fully saturated rings. The topological polar surface area (TPSA) is 79.9 Å². The number of para-hydroxylation sites is 2. The van der Waals surface area contributed by atoms with Gasteiger partial charge in [0.2, 0.25) is 0 Å². The van der Waals surface area contributed by atoms with Gasteiger partial charge < -0.3 is 5.32 Å². The molecule has 0 aliphatic carbocycles. The van der Waals surface area contributed by atoms with Gasteiger partial charge in [-0.3, -0.25) is 5.21 Å². The van der Waals surface area contributed by atoms with E-state index in [-0.39, 0.29) is 18.2 Å². The van der Waals surface area contributed by atoms with Gasteiger partial charge in [0, 0.05) is 12.5 Å². The highest BCUT2D eigenvalue weighted by Gasteiger charge is 2.39. The third-order valence-corrected chi connectivity index (χ3v) is 4.15. The summed E-state index contributed by atoms with van der Waals surface area (Å²) in [6.07, 6.45) is 0.273. The van der Waals surface area contributed by atoms with Crippen molar-refractivity contribution in [1.82, 2.24) is 15.9 Å². The molecular formula is C16H17N5O2. The summed E-state index contributed by atoms with van der Waals surface area (Å²) in [6, 6.07) is 16.8. The maximum atomic E-state index is 12.3. The van der Waals surface area contributed by atoms with Crippen LogP contribution in [-0.4, -0.2) is 22.4 Å². The fourth-order valence-corrected chi connectivity index (χ4v) is 3.01. The molecule has 2 atom stereocenters. The zero-order valence-electron chi connectivity index (χ0n) is 12.3. The molecule has 2 unspecified atom stereocenters. The van der Waals surface area contributed by atoms with Crippen LogP contribution < -0.4 is 21.3 Å². The molecule has 2 aromatic carbocycles. The molecule has 0 radical (unpaired) electrons. The molecule has 0 saturated carbocycles. The lowest BCUT2D eigenvalue weighted by molar-refractivity contribution is 0.0556. The van der Waals surface area contributed by atoms with E-state index in [4.69, 9.17) is 0 Å². The molecule has 2 heterocycles. The molecule has 7 heteroatoms. The van der Waals surface area contributed by atoms with Crippen molar-refractivity contribution in [2.75, 3.05) is 10.5 Å². The van der Waals surface area contributed by atoms with E-state index in [1.807, 2.05) is 42.5 Å². The summed E-state index contributed by atoms with van der Waals surface area (Å²) in [4.78, 5) is 12.3. The predicted molar refractivity (Wildman–Crippen MR) is 85.4 cm³/mol. The van der Waals surface area contributed by atoms with Gasteiger partial charge in [0.1, 0.15) is 11.9 Å². The lowest BCUT2D eigenvalue weighted by atomic mass is 10.0. The van der Waals surface area contributed by atoms with Crippen LogP contribution in [0, 0.1) is 0 Å². The third-order valence-electron chi connectivity index (χ3n) is 4.15. The van der Waals surface area contributed by atoms with Crippen LogP contribution in [0.3, 0.4) is 0 Å². The van der Waals surface area contributed by atoms with Gasteiger partial charge in [-0.2, -0.15) is 10.2 Å². The molecule has 2 aliphatic rings. The van der Waals surface area contributed by atoms with Crippen molar-refractivity contribution < 1.29 is 10.0 Å². The Kier molecular flexibility index (Phi) is 3.38. The van der Waals surface area contributed by atoms with Crippen molar-refractivity contribution in [1.29, 1.82) is 0 Å². The molecule has 0 aromatic heterocycles. The molecule has 0 bridgehead atoms. The van der Waals surface area contributed by atoms with Gasteiger partial charge in [-0.25, -0.2) is 15.6 Å². The van der Waals surface area contributed by atoms with Crippen molar-refractivity contribution in [3.8, 4) is 0 Å². The highest BCUT2D eigenvalue weighted by atomic mass is 16.6. The SMILES string of the molecule is O=C1Nc2ccccc2N(O)N1C1CC(c2ccccc2)NN1. The van der Waals surface area contributed by atoms with E-state index in [0.717, 1.165) is 10.7 Å². The number of hydrogen-bond donors (Lipinski definition) is 4. The summed E-state index contributed by atoms with van der Waals surface area (Å²) < 4.78 is 0. The van der Waals surface area contributed by atoms with E-state index in [0.29, 0.717) is 17.8 Å². The highest BCUT2D eigenvalue weighted by Crippen LogP contribution is 2.33. The second kappa shape index (κ2) is 5.54. The van der Waals surface area contributed by atoms with E-state index in [9.17, 15) is 10.0 Å². The number of hydrazine groups is 2. The van der Waals surface area contributed by atoms with Crippen LogP contribution in [0.25, 0.3) is 0 Å². The number of carbonyl (C=O) groups excluding carboxylic acids is 1. The summed E-state index contributed by atoms with van der Waals surface area (Å²) in [5.41, 5.74) is 8.51. The number of nitrogens with one attached hydrogen (secondary N) is 3. The third kappa shape index (κ3) is 2.40. The predicted octanol–water partition coefficient (Wildman–Crippen LogP) is 2.21. The van der Waals surface area contributed by atoms with Gasteiger partial charge in [0.05, 0.1) is 5.69 Å². The van der Waals surface area contributed by atoms with Crippen molar-refractivity contribution in [3.05, 3.63) is 60.2 Å². The smallest absolute Gasteiger partial charge is 0.304 e. The number of hydrogen-bond acceptors (Lipinski definition) is 5. The second-order valence-corrected chi connectivity index (χ2v) is 5.58. The molecule has 2 aromatic rings. The minimum absolute atomic E-state index is 0.0690. The van der Waals surface area contributed by atoms with Gasteiger partial charge in [0.15, 0.2) is 0 Å². The zero-order chi connectivity index (χ0) is 15.8. The number of benzene rings is 2. The number of nitrogens with zero attached hydrogens (tertiary/aromatic N) is 2. The fourth-order valence-electron chi connectivity index (χ4n) is 3.01. The Labute approximate surface area is 133 Å². The molecule has 23 heavy (non-hydrogen) atoms.